The van der Waals surface area contributed by atoms with Crippen LogP contribution in [0.25, 0.3) is 0 Å². The van der Waals surface area contributed by atoms with Crippen LogP contribution in [-0.4, -0.2) is 23.5 Å². The molecular formula is C11H9BrN2O3S2. The predicted octanol–water partition coefficient (Wildman–Crippen LogP) is 3.07. The fraction of sp³-hybridized carbons (Fsp3) is 0.182. The van der Waals surface area contributed by atoms with Crippen LogP contribution in [0.15, 0.2) is 22.1 Å². The minimum Gasteiger partial charge on any atom is -0.451 e. The molecule has 0 unspecified atom stereocenters. The standard InChI is InChI=1S/C11H9BrN2O3S2/c1-6-2-3-7(18-6)10(16)17-5-9(15)14-11-13-4-8(12)19-11/h2-4H,5H2,1H3,(H,13,14,15). The van der Waals surface area contributed by atoms with Crippen LogP contribution < -0.4 is 5.32 Å². The first-order chi connectivity index (χ1) is 9.04. The van der Waals surface area contributed by atoms with Gasteiger partial charge >= 0.3 is 5.97 Å². The Hall–Kier alpha value is -1.25. The average Bonchev–Trinajstić information content (AvgIpc) is 2.95. The van der Waals surface area contributed by atoms with Gasteiger partial charge in [0.1, 0.15) is 4.88 Å². The van der Waals surface area contributed by atoms with E-state index in [1.807, 2.05) is 13.0 Å². The number of nitrogens with one attached hydrogen (secondary N) is 1. The molecule has 0 atom stereocenters. The Morgan fingerprint density at radius 1 is 1.42 bits per heavy atom. The monoisotopic (exact) mass is 360 g/mol. The molecule has 0 aliphatic rings. The summed E-state index contributed by atoms with van der Waals surface area (Å²) in [5.41, 5.74) is 0. The Kier molecular flexibility index (Phi) is 4.67. The number of aryl methyl sites for hydroxylation is 1. The Morgan fingerprint density at radius 3 is 2.79 bits per heavy atom. The number of thiazole rings is 1. The molecule has 2 aromatic heterocycles. The van der Waals surface area contributed by atoms with E-state index in [0.29, 0.717) is 10.0 Å². The number of hydrogen-bond acceptors (Lipinski definition) is 6. The van der Waals surface area contributed by atoms with Gasteiger partial charge in [0.2, 0.25) is 0 Å². The number of rotatable bonds is 4. The van der Waals surface area contributed by atoms with E-state index in [0.717, 1.165) is 8.66 Å². The molecule has 0 aliphatic heterocycles. The van der Waals surface area contributed by atoms with Crippen LogP contribution in [0.5, 0.6) is 0 Å². The molecule has 0 spiro atoms. The Balaban J connectivity index is 1.82. The van der Waals surface area contributed by atoms with E-state index < -0.39 is 11.9 Å². The second-order valence-corrected chi connectivity index (χ2v) is 7.20. The SMILES string of the molecule is Cc1ccc(C(=O)OCC(=O)Nc2ncc(Br)s2)s1. The highest BCUT2D eigenvalue weighted by Crippen LogP contribution is 2.23. The zero-order valence-corrected chi connectivity index (χ0v) is 13.0. The summed E-state index contributed by atoms with van der Waals surface area (Å²) in [6.45, 7) is 1.57. The Morgan fingerprint density at radius 2 is 2.21 bits per heavy atom. The van der Waals surface area contributed by atoms with E-state index >= 15 is 0 Å². The molecule has 100 valence electrons. The molecular weight excluding hydrogens is 352 g/mol. The molecule has 0 radical (unpaired) electrons. The highest BCUT2D eigenvalue weighted by Gasteiger charge is 2.12. The minimum absolute atomic E-state index is 0.326. The first-order valence-corrected chi connectivity index (χ1v) is 7.62. The van der Waals surface area contributed by atoms with Crippen LogP contribution in [-0.2, 0) is 9.53 Å². The summed E-state index contributed by atoms with van der Waals surface area (Å²) in [6, 6.07) is 3.51. The van der Waals surface area contributed by atoms with E-state index in [4.69, 9.17) is 4.74 Å². The van der Waals surface area contributed by atoms with Crippen molar-refractivity contribution < 1.29 is 14.3 Å². The summed E-state index contributed by atoms with van der Waals surface area (Å²) in [5.74, 6) is -0.906. The quantitative estimate of drug-likeness (QED) is 0.850. The highest BCUT2D eigenvalue weighted by atomic mass is 79.9. The lowest BCUT2D eigenvalue weighted by atomic mass is 10.4. The number of ether oxygens (including phenoxy) is 1. The number of nitrogens with zero attached hydrogens (tertiary/aromatic N) is 1. The fourth-order valence-corrected chi connectivity index (χ4v) is 3.10. The lowest BCUT2D eigenvalue weighted by Gasteiger charge is -2.02. The summed E-state index contributed by atoms with van der Waals surface area (Å²) < 4.78 is 5.72. The van der Waals surface area contributed by atoms with Crippen molar-refractivity contribution in [3.8, 4) is 0 Å². The molecule has 8 heteroatoms. The molecule has 0 fully saturated rings. The average molecular weight is 361 g/mol. The number of halogens is 1. The van der Waals surface area contributed by atoms with E-state index in [1.54, 1.807) is 12.3 Å². The number of hydrogen-bond donors (Lipinski definition) is 1. The van der Waals surface area contributed by atoms with Crippen LogP contribution in [0.1, 0.15) is 14.5 Å². The molecule has 0 saturated carbocycles. The van der Waals surface area contributed by atoms with Crippen LogP contribution in [0.3, 0.4) is 0 Å². The van der Waals surface area contributed by atoms with Crippen molar-refractivity contribution in [2.24, 2.45) is 0 Å². The van der Waals surface area contributed by atoms with Gasteiger partial charge in [0.25, 0.3) is 5.91 Å². The molecule has 5 nitrogen and oxygen atoms in total. The van der Waals surface area contributed by atoms with Gasteiger partial charge in [0.05, 0.1) is 9.98 Å². The van der Waals surface area contributed by atoms with Gasteiger partial charge in [-0.3, -0.25) is 10.1 Å². The van der Waals surface area contributed by atoms with Crippen molar-refractivity contribution in [2.75, 3.05) is 11.9 Å². The topological polar surface area (TPSA) is 68.3 Å². The molecule has 0 saturated heterocycles. The molecule has 0 aromatic carbocycles. The third kappa shape index (κ3) is 4.12. The summed E-state index contributed by atoms with van der Waals surface area (Å²) in [5, 5.41) is 3.00. The zero-order chi connectivity index (χ0) is 13.8. The number of esters is 1. The summed E-state index contributed by atoms with van der Waals surface area (Å²) in [4.78, 5) is 28.6. The van der Waals surface area contributed by atoms with Gasteiger partial charge in [-0.2, -0.15) is 0 Å². The Labute approximate surface area is 125 Å². The second-order valence-electron chi connectivity index (χ2n) is 3.50. The van der Waals surface area contributed by atoms with Crippen molar-refractivity contribution >= 4 is 55.6 Å². The minimum atomic E-state index is -0.492. The third-order valence-corrected chi connectivity index (χ3v) is 4.37. The number of anilines is 1. The normalized spacial score (nSPS) is 10.2. The fourth-order valence-electron chi connectivity index (χ4n) is 1.21. The summed E-state index contributed by atoms with van der Waals surface area (Å²) in [6.07, 6.45) is 1.58. The maximum absolute atomic E-state index is 11.6. The predicted molar refractivity (Wildman–Crippen MR) is 77.8 cm³/mol. The van der Waals surface area contributed by atoms with Crippen molar-refractivity contribution in [2.45, 2.75) is 6.92 Å². The number of carbonyl (C=O) groups is 2. The molecule has 0 bridgehead atoms. The number of carbonyl (C=O) groups excluding carboxylic acids is 2. The van der Waals surface area contributed by atoms with Crippen molar-refractivity contribution in [3.05, 3.63) is 31.9 Å². The van der Waals surface area contributed by atoms with E-state index in [-0.39, 0.29) is 6.61 Å². The smallest absolute Gasteiger partial charge is 0.348 e. The van der Waals surface area contributed by atoms with Gasteiger partial charge in [-0.15, -0.1) is 11.3 Å². The third-order valence-electron chi connectivity index (χ3n) is 2.00. The maximum Gasteiger partial charge on any atom is 0.348 e. The number of aromatic nitrogens is 1. The van der Waals surface area contributed by atoms with Crippen LogP contribution in [0, 0.1) is 6.92 Å². The molecule has 2 rings (SSSR count). The van der Waals surface area contributed by atoms with E-state index in [9.17, 15) is 9.59 Å². The zero-order valence-electron chi connectivity index (χ0n) is 9.81. The van der Waals surface area contributed by atoms with Gasteiger partial charge in [-0.1, -0.05) is 11.3 Å². The van der Waals surface area contributed by atoms with Crippen molar-refractivity contribution in [3.63, 3.8) is 0 Å². The molecule has 2 aromatic rings. The molecule has 0 aliphatic carbocycles. The van der Waals surface area contributed by atoms with Crippen LogP contribution >= 0.6 is 38.6 Å². The first kappa shape index (κ1) is 14.2. The largest absolute Gasteiger partial charge is 0.451 e. The van der Waals surface area contributed by atoms with Gasteiger partial charge in [-0.25, -0.2) is 9.78 Å². The first-order valence-electron chi connectivity index (χ1n) is 5.19. The Bertz CT molecular complexity index is 609. The van der Waals surface area contributed by atoms with Gasteiger partial charge in [0, 0.05) is 4.88 Å². The molecule has 2 heterocycles. The van der Waals surface area contributed by atoms with Gasteiger partial charge in [-0.05, 0) is 35.0 Å². The molecule has 19 heavy (non-hydrogen) atoms. The number of amides is 1. The lowest BCUT2D eigenvalue weighted by Crippen LogP contribution is -2.20. The summed E-state index contributed by atoms with van der Waals surface area (Å²) in [7, 11) is 0. The second kappa shape index (κ2) is 6.27. The highest BCUT2D eigenvalue weighted by molar-refractivity contribution is 9.11. The number of thiophene rings is 1. The van der Waals surface area contributed by atoms with Crippen LogP contribution in [0.4, 0.5) is 5.13 Å². The molecule has 1 N–H and O–H groups in total. The lowest BCUT2D eigenvalue weighted by molar-refractivity contribution is -0.119. The van der Waals surface area contributed by atoms with Gasteiger partial charge < -0.3 is 4.74 Å². The molecule has 1 amide bonds. The van der Waals surface area contributed by atoms with Crippen LogP contribution in [0.2, 0.25) is 0 Å². The maximum atomic E-state index is 11.6. The van der Waals surface area contributed by atoms with Crippen molar-refractivity contribution in [1.82, 2.24) is 4.98 Å². The van der Waals surface area contributed by atoms with Gasteiger partial charge in [0.15, 0.2) is 11.7 Å². The van der Waals surface area contributed by atoms with Crippen molar-refractivity contribution in [1.29, 1.82) is 0 Å². The summed E-state index contributed by atoms with van der Waals surface area (Å²) >= 11 is 5.86. The van der Waals surface area contributed by atoms with E-state index in [2.05, 4.69) is 26.2 Å². The van der Waals surface area contributed by atoms with E-state index in [1.165, 1.54) is 22.7 Å².